The third kappa shape index (κ3) is 4.40. The molecule has 0 bridgehead atoms. The van der Waals surface area contributed by atoms with Crippen LogP contribution in [-0.4, -0.2) is 37.6 Å². The van der Waals surface area contributed by atoms with Crippen molar-refractivity contribution in [2.45, 2.75) is 16.7 Å². The van der Waals surface area contributed by atoms with E-state index >= 15 is 0 Å². The number of nitrogens with one attached hydrogen (secondary N) is 1. The second-order valence-corrected chi connectivity index (χ2v) is 8.91. The zero-order valence-corrected chi connectivity index (χ0v) is 16.8. The first-order valence-electron chi connectivity index (χ1n) is 8.14. The van der Waals surface area contributed by atoms with E-state index in [9.17, 15) is 13.2 Å². The van der Waals surface area contributed by atoms with Gasteiger partial charge in [-0.3, -0.25) is 14.5 Å². The van der Waals surface area contributed by atoms with E-state index in [4.69, 9.17) is 0 Å². The summed E-state index contributed by atoms with van der Waals surface area (Å²) in [6.07, 6.45) is 1.65. The number of hydrogen-bond acceptors (Lipinski definition) is 5. The van der Waals surface area contributed by atoms with Crippen molar-refractivity contribution < 1.29 is 13.2 Å². The second kappa shape index (κ2) is 7.58. The molecule has 0 saturated heterocycles. The Balaban J connectivity index is 1.86. The number of nitrogens with zero attached hydrogens (tertiary/aromatic N) is 2. The predicted octanol–water partition coefficient (Wildman–Crippen LogP) is 4.12. The summed E-state index contributed by atoms with van der Waals surface area (Å²) in [5.41, 5.74) is 1.81. The van der Waals surface area contributed by atoms with Crippen LogP contribution in [0.5, 0.6) is 0 Å². The molecule has 1 amide bonds. The second-order valence-electron chi connectivity index (χ2n) is 6.23. The Morgan fingerprint density at radius 3 is 2.48 bits per heavy atom. The molecule has 0 aliphatic heterocycles. The zero-order chi connectivity index (χ0) is 19.6. The number of amides is 1. The molecular weight excluding hydrogens is 382 g/mol. The molecule has 0 radical (unpaired) electrons. The first-order valence-corrected chi connectivity index (χ1v) is 10.4. The van der Waals surface area contributed by atoms with Gasteiger partial charge in [0, 0.05) is 36.3 Å². The molecule has 8 heteroatoms. The van der Waals surface area contributed by atoms with Crippen LogP contribution >= 0.6 is 11.8 Å². The molecule has 0 spiro atoms. The van der Waals surface area contributed by atoms with E-state index in [0.717, 1.165) is 27.6 Å². The molecule has 3 aromatic rings. The highest BCUT2D eigenvalue weighted by Gasteiger charge is 2.18. The Morgan fingerprint density at radius 2 is 1.81 bits per heavy atom. The number of hydrogen-bond donors (Lipinski definition) is 1. The molecule has 0 aliphatic rings. The lowest BCUT2D eigenvalue weighted by Gasteiger charge is -2.12. The van der Waals surface area contributed by atoms with E-state index in [0.29, 0.717) is 11.2 Å². The maximum absolute atomic E-state index is 12.8. The van der Waals surface area contributed by atoms with Crippen LogP contribution in [0, 0.1) is 6.92 Å². The number of aryl methyl sites for hydroxylation is 1. The quantitative estimate of drug-likeness (QED) is 0.665. The highest BCUT2D eigenvalue weighted by molar-refractivity contribution is 8.13. The summed E-state index contributed by atoms with van der Waals surface area (Å²) in [7, 11) is -0.440. The molecule has 0 atom stereocenters. The normalized spacial score (nSPS) is 11.4. The molecule has 1 heterocycles. The molecule has 140 valence electrons. The number of thioether (sulfide) groups is 1. The van der Waals surface area contributed by atoms with E-state index in [1.165, 1.54) is 11.0 Å². The van der Waals surface area contributed by atoms with Crippen molar-refractivity contribution in [2.24, 2.45) is 0 Å². The topological polar surface area (TPSA) is 79.4 Å². The summed E-state index contributed by atoms with van der Waals surface area (Å²) < 4.78 is 28.2. The standard InChI is InChI=1S/C19H19N3O3S2/c1-13-11-14-5-4-6-17(18(14)20-12-13)27(24,25)21-15-7-9-16(10-8-15)26-19(23)22(2)3/h4-12,21H,1-3H3. The van der Waals surface area contributed by atoms with Gasteiger partial charge in [-0.25, -0.2) is 8.42 Å². The van der Waals surface area contributed by atoms with Crippen LogP contribution in [0.15, 0.2) is 64.5 Å². The number of aromatic nitrogens is 1. The van der Waals surface area contributed by atoms with Crippen molar-refractivity contribution in [1.82, 2.24) is 9.88 Å². The molecule has 3 rings (SSSR count). The van der Waals surface area contributed by atoms with Crippen molar-refractivity contribution in [3.05, 3.63) is 60.3 Å². The summed E-state index contributed by atoms with van der Waals surface area (Å²) in [5, 5.41) is 0.673. The third-order valence-electron chi connectivity index (χ3n) is 3.78. The van der Waals surface area contributed by atoms with E-state index in [1.807, 2.05) is 19.1 Å². The van der Waals surface area contributed by atoms with E-state index in [1.54, 1.807) is 50.6 Å². The predicted molar refractivity (Wildman–Crippen MR) is 109 cm³/mol. The maximum atomic E-state index is 12.8. The van der Waals surface area contributed by atoms with Gasteiger partial charge in [0.2, 0.25) is 0 Å². The van der Waals surface area contributed by atoms with Crippen LogP contribution in [-0.2, 0) is 10.0 Å². The van der Waals surface area contributed by atoms with Gasteiger partial charge in [0.25, 0.3) is 15.3 Å². The lowest BCUT2D eigenvalue weighted by Crippen LogP contribution is -2.16. The molecule has 0 saturated carbocycles. The highest BCUT2D eigenvalue weighted by atomic mass is 32.2. The number of benzene rings is 2. The average molecular weight is 402 g/mol. The first kappa shape index (κ1) is 19.2. The average Bonchev–Trinajstić information content (AvgIpc) is 2.62. The van der Waals surface area contributed by atoms with Gasteiger partial charge in [0.15, 0.2) is 0 Å². The Labute approximate surface area is 162 Å². The van der Waals surface area contributed by atoms with Crippen LogP contribution in [0.25, 0.3) is 10.9 Å². The molecule has 27 heavy (non-hydrogen) atoms. The van der Waals surface area contributed by atoms with Crippen LogP contribution in [0.3, 0.4) is 0 Å². The van der Waals surface area contributed by atoms with Gasteiger partial charge in [0.05, 0.1) is 5.52 Å². The summed E-state index contributed by atoms with van der Waals surface area (Å²) in [6, 6.07) is 13.6. The molecule has 0 aliphatic carbocycles. The highest BCUT2D eigenvalue weighted by Crippen LogP contribution is 2.26. The largest absolute Gasteiger partial charge is 0.339 e. The lowest BCUT2D eigenvalue weighted by molar-refractivity contribution is 0.241. The molecule has 0 fully saturated rings. The van der Waals surface area contributed by atoms with Gasteiger partial charge in [-0.05, 0) is 60.6 Å². The number of pyridine rings is 1. The number of rotatable bonds is 4. The fourth-order valence-corrected chi connectivity index (χ4v) is 4.35. The fraction of sp³-hybridized carbons (Fsp3) is 0.158. The summed E-state index contributed by atoms with van der Waals surface area (Å²) >= 11 is 1.08. The molecule has 1 N–H and O–H groups in total. The molecule has 1 aromatic heterocycles. The van der Waals surface area contributed by atoms with Crippen molar-refractivity contribution in [3.8, 4) is 0 Å². The Bertz CT molecular complexity index is 1090. The van der Waals surface area contributed by atoms with Crippen LogP contribution < -0.4 is 4.72 Å². The maximum Gasteiger partial charge on any atom is 0.285 e. The van der Waals surface area contributed by atoms with E-state index in [-0.39, 0.29) is 10.1 Å². The number of fused-ring (bicyclic) bond motifs is 1. The minimum atomic E-state index is -3.80. The van der Waals surface area contributed by atoms with Gasteiger partial charge in [-0.2, -0.15) is 0 Å². The first-order chi connectivity index (χ1) is 12.8. The zero-order valence-electron chi connectivity index (χ0n) is 15.1. The van der Waals surface area contributed by atoms with Crippen molar-refractivity contribution in [2.75, 3.05) is 18.8 Å². The lowest BCUT2D eigenvalue weighted by atomic mass is 10.2. The van der Waals surface area contributed by atoms with Gasteiger partial charge in [-0.1, -0.05) is 12.1 Å². The number of sulfonamides is 1. The number of carbonyl (C=O) groups excluding carboxylic acids is 1. The van der Waals surface area contributed by atoms with E-state index < -0.39 is 10.0 Å². The van der Waals surface area contributed by atoms with Crippen LogP contribution in [0.4, 0.5) is 10.5 Å². The molecule has 2 aromatic carbocycles. The molecular formula is C19H19N3O3S2. The third-order valence-corrected chi connectivity index (χ3v) is 6.24. The van der Waals surface area contributed by atoms with Gasteiger partial charge >= 0.3 is 0 Å². The minimum Gasteiger partial charge on any atom is -0.339 e. The minimum absolute atomic E-state index is 0.0968. The smallest absolute Gasteiger partial charge is 0.285 e. The Kier molecular flexibility index (Phi) is 5.38. The number of carbonyl (C=O) groups is 1. The van der Waals surface area contributed by atoms with Crippen molar-refractivity contribution in [1.29, 1.82) is 0 Å². The molecule has 0 unspecified atom stereocenters. The van der Waals surface area contributed by atoms with Crippen molar-refractivity contribution >= 4 is 43.6 Å². The fourth-order valence-electron chi connectivity index (χ4n) is 2.45. The Hall–Kier alpha value is -2.58. The van der Waals surface area contributed by atoms with Crippen LogP contribution in [0.1, 0.15) is 5.56 Å². The van der Waals surface area contributed by atoms with Crippen molar-refractivity contribution in [3.63, 3.8) is 0 Å². The van der Waals surface area contributed by atoms with Crippen LogP contribution in [0.2, 0.25) is 0 Å². The van der Waals surface area contributed by atoms with Gasteiger partial charge < -0.3 is 4.90 Å². The van der Waals surface area contributed by atoms with Gasteiger partial charge in [0.1, 0.15) is 4.90 Å². The molecule has 6 nitrogen and oxygen atoms in total. The van der Waals surface area contributed by atoms with Gasteiger partial charge in [-0.15, -0.1) is 0 Å². The summed E-state index contributed by atoms with van der Waals surface area (Å²) in [5.74, 6) is 0. The number of anilines is 1. The summed E-state index contributed by atoms with van der Waals surface area (Å²) in [6.45, 7) is 1.91. The number of para-hydroxylation sites is 1. The summed E-state index contributed by atoms with van der Waals surface area (Å²) in [4.78, 5) is 18.4. The Morgan fingerprint density at radius 1 is 1.11 bits per heavy atom. The van der Waals surface area contributed by atoms with E-state index in [2.05, 4.69) is 9.71 Å². The SMILES string of the molecule is Cc1cnc2c(S(=O)(=O)Nc3ccc(SC(=O)N(C)C)cc3)cccc2c1. The monoisotopic (exact) mass is 401 g/mol.